The van der Waals surface area contributed by atoms with Crippen LogP contribution in [0.2, 0.25) is 0 Å². The average Bonchev–Trinajstić information content (AvgIpc) is 2.78. The number of benzene rings is 2. The summed E-state index contributed by atoms with van der Waals surface area (Å²) in [6.45, 7) is 0.314. The van der Waals surface area contributed by atoms with E-state index in [0.717, 1.165) is 26.5 Å². The molecule has 0 radical (unpaired) electrons. The van der Waals surface area contributed by atoms with Gasteiger partial charge in [-0.3, -0.25) is 14.5 Å². The fraction of sp³-hybridized carbons (Fsp3) is 0.0588. The predicted octanol–water partition coefficient (Wildman–Crippen LogP) is 4.53. The first-order valence-electron chi connectivity index (χ1n) is 6.69. The Balaban J connectivity index is 1.84. The summed E-state index contributed by atoms with van der Waals surface area (Å²) in [6.07, 6.45) is 1.79. The van der Waals surface area contributed by atoms with E-state index >= 15 is 0 Å². The summed E-state index contributed by atoms with van der Waals surface area (Å²) in [5, 5.41) is -0.217. The summed E-state index contributed by atoms with van der Waals surface area (Å²) < 4.78 is 1.05. The van der Waals surface area contributed by atoms with Crippen molar-refractivity contribution in [3.8, 4) is 0 Å². The Hall–Kier alpha value is -1.60. The molecule has 22 heavy (non-hydrogen) atoms. The Kier molecular flexibility index (Phi) is 4.63. The fourth-order valence-electron chi connectivity index (χ4n) is 2.14. The second kappa shape index (κ2) is 6.66. The van der Waals surface area contributed by atoms with Crippen molar-refractivity contribution in [3.63, 3.8) is 0 Å². The second-order valence-corrected chi connectivity index (χ2v) is 6.93. The van der Waals surface area contributed by atoms with Gasteiger partial charge in [0.2, 0.25) is 0 Å². The highest BCUT2D eigenvalue weighted by Crippen LogP contribution is 2.33. The molecule has 0 saturated carbocycles. The molecule has 1 saturated heterocycles. The number of hydrogen-bond acceptors (Lipinski definition) is 3. The van der Waals surface area contributed by atoms with Gasteiger partial charge in [-0.15, -0.1) is 0 Å². The van der Waals surface area contributed by atoms with Gasteiger partial charge >= 0.3 is 0 Å². The molecule has 110 valence electrons. The number of imide groups is 1. The van der Waals surface area contributed by atoms with Gasteiger partial charge in [-0.05, 0) is 57.6 Å². The van der Waals surface area contributed by atoms with Crippen molar-refractivity contribution in [2.24, 2.45) is 0 Å². The van der Waals surface area contributed by atoms with Crippen LogP contribution in [0.15, 0.2) is 59.5 Å². The summed E-state index contributed by atoms with van der Waals surface area (Å²) in [6, 6.07) is 17.3. The van der Waals surface area contributed by atoms with Crippen LogP contribution in [-0.4, -0.2) is 16.0 Å². The van der Waals surface area contributed by atoms with Crippen LogP contribution in [0.25, 0.3) is 6.08 Å². The number of carbonyl (C=O) groups is 2. The molecule has 5 heteroatoms. The SMILES string of the molecule is O=C1S/C(=C\c2ccccc2I)C(=O)N1Cc1ccccc1. The molecule has 1 heterocycles. The van der Waals surface area contributed by atoms with Crippen molar-refractivity contribution in [2.45, 2.75) is 6.54 Å². The second-order valence-electron chi connectivity index (χ2n) is 4.77. The van der Waals surface area contributed by atoms with Crippen LogP contribution in [0, 0.1) is 3.57 Å². The third-order valence-electron chi connectivity index (χ3n) is 3.25. The molecule has 0 aromatic heterocycles. The van der Waals surface area contributed by atoms with E-state index < -0.39 is 0 Å². The predicted molar refractivity (Wildman–Crippen MR) is 97.1 cm³/mol. The normalized spacial score (nSPS) is 16.6. The van der Waals surface area contributed by atoms with Crippen molar-refractivity contribution in [1.29, 1.82) is 0 Å². The number of nitrogens with zero attached hydrogens (tertiary/aromatic N) is 1. The Morgan fingerprint density at radius 3 is 2.41 bits per heavy atom. The maximum Gasteiger partial charge on any atom is 0.293 e. The molecule has 0 N–H and O–H groups in total. The van der Waals surface area contributed by atoms with Crippen LogP contribution in [0.4, 0.5) is 4.79 Å². The first kappa shape index (κ1) is 15.3. The standard InChI is InChI=1S/C17H12INO2S/c18-14-9-5-4-8-13(14)10-15-16(20)19(17(21)22-15)11-12-6-2-1-3-7-12/h1-10H,11H2/b15-10-. The van der Waals surface area contributed by atoms with Crippen molar-refractivity contribution in [1.82, 2.24) is 4.90 Å². The van der Waals surface area contributed by atoms with Gasteiger partial charge in [0.25, 0.3) is 11.1 Å². The van der Waals surface area contributed by atoms with Crippen molar-refractivity contribution < 1.29 is 9.59 Å². The van der Waals surface area contributed by atoms with E-state index in [1.54, 1.807) is 6.08 Å². The summed E-state index contributed by atoms with van der Waals surface area (Å²) >= 11 is 3.22. The molecule has 0 bridgehead atoms. The van der Waals surface area contributed by atoms with Crippen LogP contribution < -0.4 is 0 Å². The fourth-order valence-corrected chi connectivity index (χ4v) is 3.51. The minimum Gasteiger partial charge on any atom is -0.268 e. The molecule has 0 atom stereocenters. The van der Waals surface area contributed by atoms with Crippen LogP contribution >= 0.6 is 34.4 Å². The molecule has 2 aromatic rings. The molecule has 0 aliphatic carbocycles. The molecule has 1 aliphatic rings. The minimum absolute atomic E-state index is 0.217. The zero-order chi connectivity index (χ0) is 15.5. The molecule has 0 spiro atoms. The quantitative estimate of drug-likeness (QED) is 0.540. The van der Waals surface area contributed by atoms with Crippen molar-refractivity contribution in [3.05, 3.63) is 74.2 Å². The third kappa shape index (κ3) is 3.25. The number of thioether (sulfide) groups is 1. The van der Waals surface area contributed by atoms with E-state index in [9.17, 15) is 9.59 Å². The van der Waals surface area contributed by atoms with E-state index in [1.807, 2.05) is 54.6 Å². The molecular formula is C17H12INO2S. The lowest BCUT2D eigenvalue weighted by Crippen LogP contribution is -2.27. The maximum absolute atomic E-state index is 12.4. The van der Waals surface area contributed by atoms with Gasteiger partial charge in [-0.25, -0.2) is 0 Å². The highest BCUT2D eigenvalue weighted by atomic mass is 127. The van der Waals surface area contributed by atoms with E-state index in [2.05, 4.69) is 22.6 Å². The average molecular weight is 421 g/mol. The Morgan fingerprint density at radius 2 is 1.68 bits per heavy atom. The summed E-state index contributed by atoms with van der Waals surface area (Å²) in [7, 11) is 0. The van der Waals surface area contributed by atoms with Gasteiger partial charge in [0, 0.05) is 3.57 Å². The smallest absolute Gasteiger partial charge is 0.268 e. The van der Waals surface area contributed by atoms with Gasteiger partial charge in [0.05, 0.1) is 11.4 Å². The van der Waals surface area contributed by atoms with E-state index in [-0.39, 0.29) is 11.1 Å². The lowest BCUT2D eigenvalue weighted by Gasteiger charge is -2.12. The van der Waals surface area contributed by atoms with Gasteiger partial charge in [-0.1, -0.05) is 48.5 Å². The lowest BCUT2D eigenvalue weighted by atomic mass is 10.2. The molecule has 1 aliphatic heterocycles. The van der Waals surface area contributed by atoms with E-state index in [4.69, 9.17) is 0 Å². The highest BCUT2D eigenvalue weighted by molar-refractivity contribution is 14.1. The van der Waals surface area contributed by atoms with Crippen LogP contribution in [0.1, 0.15) is 11.1 Å². The molecule has 3 rings (SSSR count). The lowest BCUT2D eigenvalue weighted by molar-refractivity contribution is -0.123. The summed E-state index contributed by atoms with van der Waals surface area (Å²) in [5.74, 6) is -0.224. The van der Waals surface area contributed by atoms with Gasteiger partial charge in [0.15, 0.2) is 0 Å². The first-order chi connectivity index (χ1) is 10.6. The van der Waals surface area contributed by atoms with Gasteiger partial charge in [0.1, 0.15) is 0 Å². The maximum atomic E-state index is 12.4. The van der Waals surface area contributed by atoms with Crippen LogP contribution in [-0.2, 0) is 11.3 Å². The highest BCUT2D eigenvalue weighted by Gasteiger charge is 2.34. The molecule has 0 unspecified atom stereocenters. The Morgan fingerprint density at radius 1 is 1.00 bits per heavy atom. The van der Waals surface area contributed by atoms with Crippen molar-refractivity contribution in [2.75, 3.05) is 0 Å². The molecule has 2 amide bonds. The Labute approximate surface area is 146 Å². The number of carbonyl (C=O) groups excluding carboxylic acids is 2. The molecule has 1 fully saturated rings. The third-order valence-corrected chi connectivity index (χ3v) is 5.14. The van der Waals surface area contributed by atoms with Crippen LogP contribution in [0.3, 0.4) is 0 Å². The molecule has 2 aromatic carbocycles. The molecular weight excluding hydrogens is 409 g/mol. The van der Waals surface area contributed by atoms with Gasteiger partial charge in [-0.2, -0.15) is 0 Å². The molecule has 3 nitrogen and oxygen atoms in total. The van der Waals surface area contributed by atoms with Gasteiger partial charge < -0.3 is 0 Å². The van der Waals surface area contributed by atoms with E-state index in [0.29, 0.717) is 11.4 Å². The largest absolute Gasteiger partial charge is 0.293 e. The first-order valence-corrected chi connectivity index (χ1v) is 8.58. The zero-order valence-corrected chi connectivity index (χ0v) is 14.5. The minimum atomic E-state index is -0.224. The zero-order valence-electron chi connectivity index (χ0n) is 11.5. The summed E-state index contributed by atoms with van der Waals surface area (Å²) in [5.41, 5.74) is 1.90. The number of amides is 2. The van der Waals surface area contributed by atoms with E-state index in [1.165, 1.54) is 4.90 Å². The number of rotatable bonds is 3. The number of hydrogen-bond donors (Lipinski definition) is 0. The van der Waals surface area contributed by atoms with Crippen molar-refractivity contribution >= 4 is 51.6 Å². The Bertz CT molecular complexity index is 758. The summed E-state index contributed by atoms with van der Waals surface area (Å²) in [4.78, 5) is 26.3. The monoisotopic (exact) mass is 421 g/mol. The van der Waals surface area contributed by atoms with Crippen LogP contribution in [0.5, 0.6) is 0 Å². The number of halogens is 1. The topological polar surface area (TPSA) is 37.4 Å².